The Morgan fingerprint density at radius 2 is 1.54 bits per heavy atom. The van der Waals surface area contributed by atoms with Crippen molar-refractivity contribution < 1.29 is 39.6 Å². The number of carbonyl (C=O) groups is 1. The Hall–Kier alpha value is -3.17. The van der Waals surface area contributed by atoms with Crippen LogP contribution >= 0.6 is 11.3 Å². The number of amides is 2. The number of nitrogens with zero attached hydrogens (tertiary/aromatic N) is 1. The van der Waals surface area contributed by atoms with Crippen LogP contribution in [-0.4, -0.2) is 24.9 Å². The maximum atomic E-state index is 13.7. The molecule has 3 N–H and O–H groups in total. The van der Waals surface area contributed by atoms with Crippen molar-refractivity contribution in [3.8, 4) is 10.4 Å². The Balaban J connectivity index is 1.70. The molecule has 0 radical (unpaired) electrons. The molecule has 0 bridgehead atoms. The van der Waals surface area contributed by atoms with Crippen molar-refractivity contribution in [2.45, 2.75) is 24.9 Å². The van der Waals surface area contributed by atoms with E-state index in [9.17, 15) is 39.6 Å². The topological polar surface area (TPSA) is 100 Å². The van der Waals surface area contributed by atoms with E-state index in [-0.39, 0.29) is 10.7 Å². The molecule has 3 aromatic rings. The van der Waals surface area contributed by atoms with E-state index in [0.29, 0.717) is 22.6 Å². The van der Waals surface area contributed by atoms with Gasteiger partial charge in [-0.1, -0.05) is 12.1 Å². The van der Waals surface area contributed by atoms with Gasteiger partial charge >= 0.3 is 21.6 Å². The summed E-state index contributed by atoms with van der Waals surface area (Å²) in [5.74, 6) is -3.74. The SMILES string of the molecule is CC(C)(NS(=O)(=O)C(F)(F)F)c1ncc(-c2ccc(NC(=O)Nc3c(F)cc(F)cc3F)cc2)s1. The highest BCUT2D eigenvalue weighted by atomic mass is 32.2. The number of thiazole rings is 1. The van der Waals surface area contributed by atoms with Crippen LogP contribution in [-0.2, 0) is 15.6 Å². The zero-order valence-electron chi connectivity index (χ0n) is 17.8. The first-order valence-corrected chi connectivity index (χ1v) is 11.8. The van der Waals surface area contributed by atoms with Crippen molar-refractivity contribution in [2.24, 2.45) is 0 Å². The second-order valence-electron chi connectivity index (χ2n) is 7.61. The third kappa shape index (κ3) is 6.10. The largest absolute Gasteiger partial charge is 0.511 e. The van der Waals surface area contributed by atoms with Crippen LogP contribution in [0.1, 0.15) is 18.9 Å². The van der Waals surface area contributed by atoms with Crippen molar-refractivity contribution in [1.29, 1.82) is 0 Å². The van der Waals surface area contributed by atoms with Crippen LogP contribution in [0.5, 0.6) is 0 Å². The number of halogens is 6. The molecule has 2 aromatic carbocycles. The molecular formula is C20H16F6N4O3S2. The van der Waals surface area contributed by atoms with Crippen LogP contribution < -0.4 is 15.4 Å². The number of urea groups is 1. The van der Waals surface area contributed by atoms with Gasteiger partial charge in [-0.3, -0.25) is 0 Å². The van der Waals surface area contributed by atoms with Gasteiger partial charge < -0.3 is 10.6 Å². The van der Waals surface area contributed by atoms with E-state index in [1.807, 2.05) is 5.32 Å². The third-order valence-corrected chi connectivity index (χ3v) is 7.17. The van der Waals surface area contributed by atoms with Crippen molar-refractivity contribution in [3.05, 3.63) is 65.1 Å². The normalized spacial score (nSPS) is 12.5. The summed E-state index contributed by atoms with van der Waals surface area (Å²) in [4.78, 5) is 16.5. The van der Waals surface area contributed by atoms with Gasteiger partial charge in [0, 0.05) is 24.0 Å². The molecule has 0 atom stereocenters. The summed E-state index contributed by atoms with van der Waals surface area (Å²) in [6.07, 6.45) is 1.35. The Kier molecular flexibility index (Phi) is 7.15. The molecule has 0 unspecified atom stereocenters. The molecule has 0 fully saturated rings. The first-order valence-electron chi connectivity index (χ1n) is 9.48. The average Bonchev–Trinajstić information content (AvgIpc) is 3.21. The first kappa shape index (κ1) is 26.4. The molecule has 188 valence electrons. The molecule has 3 rings (SSSR count). The van der Waals surface area contributed by atoms with Gasteiger partial charge in [0.05, 0.1) is 10.4 Å². The fourth-order valence-electron chi connectivity index (χ4n) is 2.79. The van der Waals surface area contributed by atoms with Crippen LogP contribution in [0.2, 0.25) is 0 Å². The van der Waals surface area contributed by atoms with E-state index in [1.54, 1.807) is 4.72 Å². The highest BCUT2D eigenvalue weighted by Crippen LogP contribution is 2.34. The quantitative estimate of drug-likeness (QED) is 0.359. The fraction of sp³-hybridized carbons (Fsp3) is 0.200. The number of benzene rings is 2. The number of aromatic nitrogens is 1. The number of alkyl halides is 3. The van der Waals surface area contributed by atoms with E-state index >= 15 is 0 Å². The lowest BCUT2D eigenvalue weighted by atomic mass is 10.1. The van der Waals surface area contributed by atoms with Crippen LogP contribution in [0, 0.1) is 17.5 Å². The lowest BCUT2D eigenvalue weighted by molar-refractivity contribution is -0.0455. The highest BCUT2D eigenvalue weighted by molar-refractivity contribution is 7.90. The molecule has 0 saturated heterocycles. The van der Waals surface area contributed by atoms with Crippen LogP contribution in [0.3, 0.4) is 0 Å². The lowest BCUT2D eigenvalue weighted by Crippen LogP contribution is -2.46. The summed E-state index contributed by atoms with van der Waals surface area (Å²) in [6, 6.07) is 5.74. The molecule has 1 aromatic heterocycles. The Morgan fingerprint density at radius 1 is 0.971 bits per heavy atom. The molecule has 0 aliphatic heterocycles. The zero-order chi connectivity index (χ0) is 26.2. The number of carbonyl (C=O) groups excluding carboxylic acids is 1. The summed E-state index contributed by atoms with van der Waals surface area (Å²) in [7, 11) is -5.60. The minimum absolute atomic E-state index is 0.0743. The van der Waals surface area contributed by atoms with Gasteiger partial charge in [-0.15, -0.1) is 11.3 Å². The molecule has 2 amide bonds. The van der Waals surface area contributed by atoms with Crippen LogP contribution in [0.15, 0.2) is 42.6 Å². The van der Waals surface area contributed by atoms with Crippen LogP contribution in [0.25, 0.3) is 10.4 Å². The summed E-state index contributed by atoms with van der Waals surface area (Å²) < 4.78 is 103. The van der Waals surface area contributed by atoms with Gasteiger partial charge in [0.2, 0.25) is 0 Å². The maximum Gasteiger partial charge on any atom is 0.511 e. The van der Waals surface area contributed by atoms with Gasteiger partial charge in [-0.05, 0) is 31.5 Å². The molecule has 35 heavy (non-hydrogen) atoms. The van der Waals surface area contributed by atoms with E-state index in [0.717, 1.165) is 11.3 Å². The van der Waals surface area contributed by atoms with Crippen molar-refractivity contribution in [3.63, 3.8) is 0 Å². The first-order chi connectivity index (χ1) is 16.1. The number of rotatable bonds is 6. The van der Waals surface area contributed by atoms with Gasteiger partial charge in [0.25, 0.3) is 0 Å². The number of anilines is 2. The minimum Gasteiger partial charge on any atom is -0.308 e. The lowest BCUT2D eigenvalue weighted by Gasteiger charge is -2.24. The molecule has 0 aliphatic rings. The van der Waals surface area contributed by atoms with E-state index < -0.39 is 50.2 Å². The van der Waals surface area contributed by atoms with Gasteiger partial charge in [-0.25, -0.2) is 31.4 Å². The molecule has 0 spiro atoms. The Morgan fingerprint density at radius 3 is 2.09 bits per heavy atom. The monoisotopic (exact) mass is 538 g/mol. The Bertz CT molecular complexity index is 1330. The smallest absolute Gasteiger partial charge is 0.308 e. The Labute approximate surface area is 199 Å². The maximum absolute atomic E-state index is 13.7. The summed E-state index contributed by atoms with van der Waals surface area (Å²) >= 11 is 0.951. The molecular weight excluding hydrogens is 522 g/mol. The van der Waals surface area contributed by atoms with Gasteiger partial charge in [0.15, 0.2) is 11.6 Å². The molecule has 0 saturated carbocycles. The van der Waals surface area contributed by atoms with Crippen molar-refractivity contribution in [2.75, 3.05) is 10.6 Å². The van der Waals surface area contributed by atoms with E-state index in [2.05, 4.69) is 10.3 Å². The number of sulfonamides is 1. The molecule has 7 nitrogen and oxygen atoms in total. The second kappa shape index (κ2) is 9.47. The fourth-order valence-corrected chi connectivity index (χ4v) is 4.72. The summed E-state index contributed by atoms with van der Waals surface area (Å²) in [5.41, 5.74) is -7.20. The van der Waals surface area contributed by atoms with E-state index in [1.165, 1.54) is 44.3 Å². The molecule has 0 aliphatic carbocycles. The number of hydrogen-bond donors (Lipinski definition) is 3. The van der Waals surface area contributed by atoms with Gasteiger partial charge in [-0.2, -0.15) is 17.9 Å². The predicted molar refractivity (Wildman–Crippen MR) is 118 cm³/mol. The second-order valence-corrected chi connectivity index (χ2v) is 10.3. The summed E-state index contributed by atoms with van der Waals surface area (Å²) in [5, 5.41) is 4.35. The number of hydrogen-bond acceptors (Lipinski definition) is 5. The number of nitrogens with one attached hydrogen (secondary N) is 3. The van der Waals surface area contributed by atoms with Crippen molar-refractivity contribution >= 4 is 38.8 Å². The summed E-state index contributed by atoms with van der Waals surface area (Å²) in [6.45, 7) is 2.47. The minimum atomic E-state index is -5.60. The predicted octanol–water partition coefficient (Wildman–Crippen LogP) is 5.55. The zero-order valence-corrected chi connectivity index (χ0v) is 19.4. The van der Waals surface area contributed by atoms with Crippen molar-refractivity contribution in [1.82, 2.24) is 9.71 Å². The van der Waals surface area contributed by atoms with Crippen LogP contribution in [0.4, 0.5) is 42.5 Å². The van der Waals surface area contributed by atoms with Gasteiger partial charge in [0.1, 0.15) is 16.5 Å². The van der Waals surface area contributed by atoms with E-state index in [4.69, 9.17) is 0 Å². The molecule has 1 heterocycles. The third-order valence-electron chi connectivity index (χ3n) is 4.41. The highest BCUT2D eigenvalue weighted by Gasteiger charge is 2.49. The standard InChI is InChI=1S/C20H16F6N4O3S2/c1-19(2,30-35(32,33)20(24,25)26)17-27-9-15(34-17)10-3-5-12(6-4-10)28-18(31)29-16-13(22)7-11(21)8-14(16)23/h3-9,30H,1-2H3,(H2,28,29,31). The molecule has 15 heteroatoms. The average molecular weight is 538 g/mol.